The molecule has 0 spiro atoms. The second kappa shape index (κ2) is 7.44. The van der Waals surface area contributed by atoms with E-state index in [2.05, 4.69) is 23.4 Å². The van der Waals surface area contributed by atoms with E-state index in [4.69, 9.17) is 5.73 Å². The van der Waals surface area contributed by atoms with Crippen LogP contribution < -0.4 is 5.73 Å². The maximum Gasteiger partial charge on any atom is 0.0950 e. The first-order chi connectivity index (χ1) is 7.79. The zero-order valence-electron chi connectivity index (χ0n) is 10.7. The van der Waals surface area contributed by atoms with Crippen LogP contribution in [-0.4, -0.2) is 16.1 Å². The topological polar surface area (TPSA) is 43.8 Å². The summed E-state index contributed by atoms with van der Waals surface area (Å²) in [6.07, 6.45) is 11.4. The van der Waals surface area contributed by atoms with E-state index in [0.29, 0.717) is 12.6 Å². The first-order valence-corrected chi connectivity index (χ1v) is 6.50. The van der Waals surface area contributed by atoms with Gasteiger partial charge in [0.2, 0.25) is 0 Å². The maximum absolute atomic E-state index is 5.59. The molecular weight excluding hydrogens is 198 g/mol. The van der Waals surface area contributed by atoms with Gasteiger partial charge in [-0.1, -0.05) is 32.6 Å². The van der Waals surface area contributed by atoms with Crippen LogP contribution in [0.25, 0.3) is 0 Å². The van der Waals surface area contributed by atoms with Gasteiger partial charge in [-0.3, -0.25) is 0 Å². The van der Waals surface area contributed by atoms with Crippen molar-refractivity contribution in [2.45, 2.75) is 58.4 Å². The number of nitrogens with zero attached hydrogens (tertiary/aromatic N) is 2. The van der Waals surface area contributed by atoms with Gasteiger partial charge in [0, 0.05) is 24.4 Å². The quantitative estimate of drug-likeness (QED) is 0.689. The average molecular weight is 223 g/mol. The summed E-state index contributed by atoms with van der Waals surface area (Å²) in [5, 5.41) is 0. The highest BCUT2D eigenvalue weighted by molar-refractivity contribution is 5.00. The first-order valence-electron chi connectivity index (χ1n) is 6.50. The molecule has 0 aliphatic rings. The Balaban J connectivity index is 2.39. The largest absolute Gasteiger partial charge is 0.332 e. The van der Waals surface area contributed by atoms with Crippen molar-refractivity contribution < 1.29 is 0 Å². The minimum absolute atomic E-state index is 0.556. The smallest absolute Gasteiger partial charge is 0.0950 e. The summed E-state index contributed by atoms with van der Waals surface area (Å²) >= 11 is 0. The molecule has 1 heterocycles. The van der Waals surface area contributed by atoms with E-state index in [-0.39, 0.29) is 0 Å². The van der Waals surface area contributed by atoms with Crippen LogP contribution in [0.3, 0.4) is 0 Å². The van der Waals surface area contributed by atoms with E-state index in [0.717, 1.165) is 6.42 Å². The van der Waals surface area contributed by atoms with Crippen LogP contribution in [0.4, 0.5) is 0 Å². The van der Waals surface area contributed by atoms with Gasteiger partial charge in [-0.05, 0) is 19.9 Å². The van der Waals surface area contributed by atoms with Gasteiger partial charge >= 0.3 is 0 Å². The highest BCUT2D eigenvalue weighted by Gasteiger charge is 2.08. The molecule has 1 aromatic rings. The number of nitrogens with two attached hydrogens (primary N) is 1. The molecule has 2 N–H and O–H groups in total. The van der Waals surface area contributed by atoms with Gasteiger partial charge < -0.3 is 10.3 Å². The van der Waals surface area contributed by atoms with E-state index in [1.807, 2.05) is 12.5 Å². The third-order valence-corrected chi connectivity index (χ3v) is 3.10. The molecule has 3 nitrogen and oxygen atoms in total. The Labute approximate surface area is 99.1 Å². The second-order valence-electron chi connectivity index (χ2n) is 4.53. The summed E-state index contributed by atoms with van der Waals surface area (Å²) in [6.45, 7) is 5.22. The highest BCUT2D eigenvalue weighted by atomic mass is 15.1. The van der Waals surface area contributed by atoms with Crippen LogP contribution in [0.1, 0.15) is 57.7 Å². The number of unbranched alkanes of at least 4 members (excludes halogenated alkanes) is 3. The molecule has 0 aromatic carbocycles. The van der Waals surface area contributed by atoms with E-state index in [9.17, 15) is 0 Å². The molecule has 0 saturated carbocycles. The van der Waals surface area contributed by atoms with Crippen LogP contribution in [0, 0.1) is 0 Å². The zero-order chi connectivity index (χ0) is 11.8. The number of imidazole rings is 1. The lowest BCUT2D eigenvalue weighted by Crippen LogP contribution is -2.11. The molecule has 0 bridgehead atoms. The van der Waals surface area contributed by atoms with Gasteiger partial charge in [-0.25, -0.2) is 4.98 Å². The minimum atomic E-state index is 0.556. The predicted molar refractivity (Wildman–Crippen MR) is 68.5 cm³/mol. The zero-order valence-corrected chi connectivity index (χ0v) is 10.7. The van der Waals surface area contributed by atoms with Crippen molar-refractivity contribution in [3.8, 4) is 0 Å². The molecule has 0 radical (unpaired) electrons. The molecule has 0 amide bonds. The Morgan fingerprint density at radius 2 is 2.19 bits per heavy atom. The summed E-state index contributed by atoms with van der Waals surface area (Å²) in [6, 6.07) is 0.556. The maximum atomic E-state index is 5.59. The van der Waals surface area contributed by atoms with Crippen molar-refractivity contribution in [1.82, 2.24) is 9.55 Å². The summed E-state index contributed by atoms with van der Waals surface area (Å²) in [5.74, 6) is 0. The number of rotatable bonds is 8. The van der Waals surface area contributed by atoms with Crippen LogP contribution in [0.15, 0.2) is 12.5 Å². The molecule has 0 fully saturated rings. The molecule has 1 atom stereocenters. The van der Waals surface area contributed by atoms with Crippen LogP contribution in [0.5, 0.6) is 0 Å². The third-order valence-electron chi connectivity index (χ3n) is 3.10. The third kappa shape index (κ3) is 3.97. The molecule has 1 rings (SSSR count). The van der Waals surface area contributed by atoms with Crippen LogP contribution >= 0.6 is 0 Å². The van der Waals surface area contributed by atoms with Gasteiger partial charge in [-0.2, -0.15) is 0 Å². The van der Waals surface area contributed by atoms with Gasteiger partial charge in [0.15, 0.2) is 0 Å². The lowest BCUT2D eigenvalue weighted by Gasteiger charge is -2.16. The SMILES string of the molecule is CCCCCCC(C)n1cncc1CCN. The Bertz CT molecular complexity index is 280. The first kappa shape index (κ1) is 13.2. The lowest BCUT2D eigenvalue weighted by molar-refractivity contribution is 0.461. The molecule has 3 heteroatoms. The summed E-state index contributed by atoms with van der Waals surface area (Å²) in [4.78, 5) is 4.21. The van der Waals surface area contributed by atoms with Crippen molar-refractivity contribution in [2.24, 2.45) is 5.73 Å². The average Bonchev–Trinajstić information content (AvgIpc) is 2.73. The van der Waals surface area contributed by atoms with E-state index >= 15 is 0 Å². The fraction of sp³-hybridized carbons (Fsp3) is 0.769. The van der Waals surface area contributed by atoms with E-state index in [1.54, 1.807) is 0 Å². The predicted octanol–water partition coefficient (Wildman–Crippen LogP) is 2.92. The summed E-state index contributed by atoms with van der Waals surface area (Å²) in [5.41, 5.74) is 6.86. The van der Waals surface area contributed by atoms with Crippen LogP contribution in [0.2, 0.25) is 0 Å². The molecule has 0 aliphatic heterocycles. The normalized spacial score (nSPS) is 12.9. The van der Waals surface area contributed by atoms with Gasteiger partial charge in [0.05, 0.1) is 6.33 Å². The van der Waals surface area contributed by atoms with E-state index in [1.165, 1.54) is 37.8 Å². The van der Waals surface area contributed by atoms with Crippen molar-refractivity contribution in [3.63, 3.8) is 0 Å². The molecule has 0 saturated heterocycles. The Hall–Kier alpha value is -0.830. The monoisotopic (exact) mass is 223 g/mol. The van der Waals surface area contributed by atoms with E-state index < -0.39 is 0 Å². The molecule has 16 heavy (non-hydrogen) atoms. The van der Waals surface area contributed by atoms with Crippen molar-refractivity contribution >= 4 is 0 Å². The van der Waals surface area contributed by atoms with Crippen LogP contribution in [-0.2, 0) is 6.42 Å². The molecule has 92 valence electrons. The second-order valence-corrected chi connectivity index (χ2v) is 4.53. The van der Waals surface area contributed by atoms with Gasteiger partial charge in [0.25, 0.3) is 0 Å². The standard InChI is InChI=1S/C13H25N3/c1-3-4-5-6-7-12(2)16-11-15-10-13(16)8-9-14/h10-12H,3-9,14H2,1-2H3. The number of hydrogen-bond acceptors (Lipinski definition) is 2. The number of aromatic nitrogens is 2. The summed E-state index contributed by atoms with van der Waals surface area (Å²) in [7, 11) is 0. The fourth-order valence-corrected chi connectivity index (χ4v) is 2.08. The Morgan fingerprint density at radius 1 is 1.38 bits per heavy atom. The number of hydrogen-bond donors (Lipinski definition) is 1. The molecule has 0 aliphatic carbocycles. The molecule has 1 unspecified atom stereocenters. The highest BCUT2D eigenvalue weighted by Crippen LogP contribution is 2.17. The van der Waals surface area contributed by atoms with Crippen molar-refractivity contribution in [3.05, 3.63) is 18.2 Å². The molecule has 1 aromatic heterocycles. The Morgan fingerprint density at radius 3 is 2.88 bits per heavy atom. The summed E-state index contributed by atoms with van der Waals surface area (Å²) < 4.78 is 2.28. The molecular formula is C13H25N3. The fourth-order valence-electron chi connectivity index (χ4n) is 2.08. The lowest BCUT2D eigenvalue weighted by atomic mass is 10.1. The van der Waals surface area contributed by atoms with Gasteiger partial charge in [-0.15, -0.1) is 0 Å². The van der Waals surface area contributed by atoms with Gasteiger partial charge in [0.1, 0.15) is 0 Å². The van der Waals surface area contributed by atoms with Crippen molar-refractivity contribution in [1.29, 1.82) is 0 Å². The Kier molecular flexibility index (Phi) is 6.16. The minimum Gasteiger partial charge on any atom is -0.332 e. The van der Waals surface area contributed by atoms with Crippen molar-refractivity contribution in [2.75, 3.05) is 6.54 Å².